The number of piperidine rings is 1. The van der Waals surface area contributed by atoms with E-state index in [9.17, 15) is 10.1 Å². The van der Waals surface area contributed by atoms with Crippen molar-refractivity contribution >= 4 is 0 Å². The lowest BCUT2D eigenvalue weighted by atomic mass is 10.0. The summed E-state index contributed by atoms with van der Waals surface area (Å²) in [7, 11) is 0. The monoisotopic (exact) mass is 160 g/mol. The number of nitrogens with zero attached hydrogens (tertiary/aromatic N) is 1. The average molecular weight is 160 g/mol. The summed E-state index contributed by atoms with van der Waals surface area (Å²) in [4.78, 5) is 14.1. The van der Waals surface area contributed by atoms with Crippen LogP contribution in [0.1, 0.15) is 12.8 Å². The lowest BCUT2D eigenvalue weighted by Crippen LogP contribution is -2.32. The predicted octanol–water partition coefficient (Wildman–Crippen LogP) is 0.194. The van der Waals surface area contributed by atoms with Crippen LogP contribution in [0.5, 0.6) is 0 Å². The molecule has 5 heteroatoms. The Hall–Kier alpha value is -0.840. The van der Waals surface area contributed by atoms with E-state index in [0.29, 0.717) is 5.92 Å². The molecule has 0 aliphatic carbocycles. The highest BCUT2D eigenvalue weighted by Gasteiger charge is 2.13. The van der Waals surface area contributed by atoms with Crippen LogP contribution in [0.4, 0.5) is 0 Å². The second-order valence-corrected chi connectivity index (χ2v) is 2.73. The van der Waals surface area contributed by atoms with Gasteiger partial charge in [-0.2, -0.15) is 0 Å². The Morgan fingerprint density at radius 3 is 3.09 bits per heavy atom. The van der Waals surface area contributed by atoms with Crippen LogP contribution in [0.2, 0.25) is 0 Å². The van der Waals surface area contributed by atoms with Gasteiger partial charge in [-0.3, -0.25) is 0 Å². The fourth-order valence-corrected chi connectivity index (χ4v) is 1.23. The van der Waals surface area contributed by atoms with Gasteiger partial charge in [0, 0.05) is 0 Å². The zero-order valence-corrected chi connectivity index (χ0v) is 6.28. The molecule has 0 aromatic carbocycles. The van der Waals surface area contributed by atoms with Gasteiger partial charge in [0.2, 0.25) is 0 Å². The lowest BCUT2D eigenvalue weighted by molar-refractivity contribution is -0.759. The van der Waals surface area contributed by atoms with Gasteiger partial charge >= 0.3 is 0 Å². The molecule has 1 N–H and O–H groups in total. The van der Waals surface area contributed by atoms with E-state index >= 15 is 0 Å². The maximum Gasteiger partial charge on any atom is 0.294 e. The number of rotatable bonds is 3. The van der Waals surface area contributed by atoms with Crippen molar-refractivity contribution in [2.75, 3.05) is 19.7 Å². The van der Waals surface area contributed by atoms with E-state index in [2.05, 4.69) is 10.2 Å². The molecule has 11 heavy (non-hydrogen) atoms. The van der Waals surface area contributed by atoms with Gasteiger partial charge in [0.1, 0.15) is 6.61 Å². The summed E-state index contributed by atoms with van der Waals surface area (Å²) in [5.74, 6) is 0.314. The maximum absolute atomic E-state index is 9.80. The zero-order chi connectivity index (χ0) is 8.10. The van der Waals surface area contributed by atoms with Gasteiger partial charge in [-0.05, 0) is 31.8 Å². The van der Waals surface area contributed by atoms with Gasteiger partial charge in [-0.25, -0.2) is 0 Å². The molecule has 1 heterocycles. The standard InChI is InChI=1S/C6H12N2O3/c9-8(10)11-5-6-2-1-3-7-4-6/h6-7H,1-5H2. The molecule has 0 spiro atoms. The van der Waals surface area contributed by atoms with E-state index in [4.69, 9.17) is 0 Å². The molecule has 0 aromatic heterocycles. The normalized spacial score (nSPS) is 24.5. The highest BCUT2D eigenvalue weighted by Crippen LogP contribution is 2.09. The number of hydrogen-bond donors (Lipinski definition) is 1. The molecule has 0 bridgehead atoms. The Kier molecular flexibility index (Phi) is 3.10. The summed E-state index contributed by atoms with van der Waals surface area (Å²) >= 11 is 0. The average Bonchev–Trinajstić information content (AvgIpc) is 2.03. The molecule has 0 amide bonds. The van der Waals surface area contributed by atoms with Crippen molar-refractivity contribution in [2.45, 2.75) is 12.8 Å². The van der Waals surface area contributed by atoms with Crippen molar-refractivity contribution in [3.8, 4) is 0 Å². The minimum Gasteiger partial charge on any atom is -0.316 e. The van der Waals surface area contributed by atoms with Crippen molar-refractivity contribution in [2.24, 2.45) is 5.92 Å². The molecule has 1 unspecified atom stereocenters. The van der Waals surface area contributed by atoms with Crippen LogP contribution in [0.15, 0.2) is 0 Å². The predicted molar refractivity (Wildman–Crippen MR) is 38.5 cm³/mol. The molecule has 1 saturated heterocycles. The first-order chi connectivity index (χ1) is 5.29. The second-order valence-electron chi connectivity index (χ2n) is 2.73. The van der Waals surface area contributed by atoms with E-state index in [1.807, 2.05) is 0 Å². The first kappa shape index (κ1) is 8.26. The van der Waals surface area contributed by atoms with E-state index in [0.717, 1.165) is 25.9 Å². The van der Waals surface area contributed by atoms with Crippen molar-refractivity contribution in [3.05, 3.63) is 10.1 Å². The molecule has 5 nitrogen and oxygen atoms in total. The van der Waals surface area contributed by atoms with Gasteiger partial charge in [0.05, 0.1) is 0 Å². The van der Waals surface area contributed by atoms with Crippen molar-refractivity contribution in [3.63, 3.8) is 0 Å². The topological polar surface area (TPSA) is 64.4 Å². The third-order valence-electron chi connectivity index (χ3n) is 1.81. The fourth-order valence-electron chi connectivity index (χ4n) is 1.23. The third kappa shape index (κ3) is 3.18. The first-order valence-electron chi connectivity index (χ1n) is 3.77. The number of nitrogens with one attached hydrogen (secondary N) is 1. The Balaban J connectivity index is 2.09. The van der Waals surface area contributed by atoms with Gasteiger partial charge in [0.15, 0.2) is 0 Å². The first-order valence-corrected chi connectivity index (χ1v) is 3.77. The maximum atomic E-state index is 9.80. The zero-order valence-electron chi connectivity index (χ0n) is 6.28. The lowest BCUT2D eigenvalue weighted by Gasteiger charge is -2.21. The molecule has 64 valence electrons. The van der Waals surface area contributed by atoms with Gasteiger partial charge < -0.3 is 10.2 Å². The Morgan fingerprint density at radius 1 is 1.73 bits per heavy atom. The Morgan fingerprint density at radius 2 is 2.55 bits per heavy atom. The molecular formula is C6H12N2O3. The van der Waals surface area contributed by atoms with Crippen molar-refractivity contribution in [1.29, 1.82) is 0 Å². The third-order valence-corrected chi connectivity index (χ3v) is 1.81. The molecule has 0 aromatic rings. The fraction of sp³-hybridized carbons (Fsp3) is 1.00. The molecule has 1 atom stereocenters. The highest BCUT2D eigenvalue weighted by atomic mass is 16.9. The van der Waals surface area contributed by atoms with E-state index in [1.165, 1.54) is 0 Å². The van der Waals surface area contributed by atoms with Gasteiger partial charge in [-0.1, -0.05) is 0 Å². The SMILES string of the molecule is O=[N+]([O-])OCC1CCCNC1. The molecule has 0 radical (unpaired) electrons. The molecule has 0 saturated carbocycles. The molecule has 1 rings (SSSR count). The van der Waals surface area contributed by atoms with Crippen LogP contribution in [0.3, 0.4) is 0 Å². The van der Waals surface area contributed by atoms with Crippen LogP contribution in [-0.2, 0) is 4.84 Å². The van der Waals surface area contributed by atoms with Crippen LogP contribution in [0.25, 0.3) is 0 Å². The van der Waals surface area contributed by atoms with E-state index < -0.39 is 5.09 Å². The molecular weight excluding hydrogens is 148 g/mol. The van der Waals surface area contributed by atoms with Crippen LogP contribution < -0.4 is 5.32 Å². The Labute approximate surface area is 64.8 Å². The molecule has 1 aliphatic heterocycles. The van der Waals surface area contributed by atoms with Crippen LogP contribution in [0, 0.1) is 16.0 Å². The van der Waals surface area contributed by atoms with E-state index in [1.54, 1.807) is 0 Å². The largest absolute Gasteiger partial charge is 0.316 e. The minimum absolute atomic E-state index is 0.236. The smallest absolute Gasteiger partial charge is 0.294 e. The summed E-state index contributed by atoms with van der Waals surface area (Å²) in [6, 6.07) is 0. The number of hydrogen-bond acceptors (Lipinski definition) is 4. The molecule has 1 fully saturated rings. The quantitative estimate of drug-likeness (QED) is 0.473. The van der Waals surface area contributed by atoms with Crippen molar-refractivity contribution in [1.82, 2.24) is 5.32 Å². The summed E-state index contributed by atoms with van der Waals surface area (Å²) in [5.41, 5.74) is 0. The van der Waals surface area contributed by atoms with Crippen LogP contribution >= 0.6 is 0 Å². The summed E-state index contributed by atoms with van der Waals surface area (Å²) < 4.78 is 0. The summed E-state index contributed by atoms with van der Waals surface area (Å²) in [6.07, 6.45) is 2.12. The summed E-state index contributed by atoms with van der Waals surface area (Å²) in [6.45, 7) is 2.10. The summed E-state index contributed by atoms with van der Waals surface area (Å²) in [5, 5.41) is 12.2. The second kappa shape index (κ2) is 4.12. The van der Waals surface area contributed by atoms with Crippen LogP contribution in [-0.4, -0.2) is 24.8 Å². The molecule has 1 aliphatic rings. The van der Waals surface area contributed by atoms with Gasteiger partial charge in [-0.15, -0.1) is 10.1 Å². The van der Waals surface area contributed by atoms with Crippen molar-refractivity contribution < 1.29 is 9.92 Å². The minimum atomic E-state index is -0.728. The Bertz CT molecular complexity index is 134. The van der Waals surface area contributed by atoms with Gasteiger partial charge in [0.25, 0.3) is 5.09 Å². The highest BCUT2D eigenvalue weighted by molar-refractivity contribution is 4.67. The van der Waals surface area contributed by atoms with E-state index in [-0.39, 0.29) is 6.61 Å².